The number of carbonyl (C=O) groups excluding carboxylic acids is 2. The molecule has 6 heteroatoms. The van der Waals surface area contributed by atoms with Crippen LogP contribution in [0.4, 0.5) is 0 Å². The SMILES string of the molecule is CC(=O)N1CCC2(CC1)Oc1ccc(/C=C/C(=O)O)cc1C2=O. The van der Waals surface area contributed by atoms with Crippen molar-refractivity contribution in [2.75, 3.05) is 13.1 Å². The second-order valence-electron chi connectivity index (χ2n) is 5.86. The third-order valence-electron chi connectivity index (χ3n) is 4.40. The summed E-state index contributed by atoms with van der Waals surface area (Å²) >= 11 is 0. The molecule has 1 saturated heterocycles. The Bertz CT molecular complexity index is 714. The van der Waals surface area contributed by atoms with Gasteiger partial charge in [-0.25, -0.2) is 4.79 Å². The van der Waals surface area contributed by atoms with Gasteiger partial charge in [0.05, 0.1) is 5.56 Å². The third-order valence-corrected chi connectivity index (χ3v) is 4.40. The number of rotatable bonds is 2. The number of piperidine rings is 1. The maximum absolute atomic E-state index is 12.8. The summed E-state index contributed by atoms with van der Waals surface area (Å²) in [6.07, 6.45) is 3.42. The second kappa shape index (κ2) is 5.53. The molecule has 1 aromatic rings. The summed E-state index contributed by atoms with van der Waals surface area (Å²) < 4.78 is 5.93. The number of hydrogen-bond acceptors (Lipinski definition) is 4. The fourth-order valence-corrected chi connectivity index (χ4v) is 3.10. The normalized spacial score (nSPS) is 19.0. The van der Waals surface area contributed by atoms with Crippen molar-refractivity contribution in [1.82, 2.24) is 4.90 Å². The molecule has 23 heavy (non-hydrogen) atoms. The highest BCUT2D eigenvalue weighted by Gasteiger charge is 2.49. The van der Waals surface area contributed by atoms with Crippen LogP contribution in [0.3, 0.4) is 0 Å². The first kappa shape index (κ1) is 15.3. The molecular weight excluding hydrogens is 298 g/mol. The summed E-state index contributed by atoms with van der Waals surface area (Å²) in [6.45, 7) is 2.52. The van der Waals surface area contributed by atoms with Gasteiger partial charge in [-0.05, 0) is 23.8 Å². The summed E-state index contributed by atoms with van der Waals surface area (Å²) in [4.78, 5) is 36.5. The molecule has 0 unspecified atom stereocenters. The molecule has 1 spiro atoms. The van der Waals surface area contributed by atoms with Crippen LogP contribution in [0.2, 0.25) is 0 Å². The number of aliphatic carboxylic acids is 1. The zero-order chi connectivity index (χ0) is 16.6. The Labute approximate surface area is 133 Å². The van der Waals surface area contributed by atoms with Gasteiger partial charge in [-0.2, -0.15) is 0 Å². The average Bonchev–Trinajstić information content (AvgIpc) is 2.78. The van der Waals surface area contributed by atoms with Crippen molar-refractivity contribution in [2.45, 2.75) is 25.4 Å². The minimum atomic E-state index is -1.04. The lowest BCUT2D eigenvalue weighted by Gasteiger charge is -2.36. The van der Waals surface area contributed by atoms with Crippen LogP contribution in [0.5, 0.6) is 5.75 Å². The molecule has 1 amide bonds. The monoisotopic (exact) mass is 315 g/mol. The molecule has 0 atom stereocenters. The lowest BCUT2D eigenvalue weighted by molar-refractivity contribution is -0.132. The van der Waals surface area contributed by atoms with Gasteiger partial charge in [-0.1, -0.05) is 6.07 Å². The lowest BCUT2D eigenvalue weighted by atomic mass is 9.85. The summed E-state index contributed by atoms with van der Waals surface area (Å²) in [5.74, 6) is -0.593. The first-order valence-electron chi connectivity index (χ1n) is 7.46. The van der Waals surface area contributed by atoms with Crippen LogP contribution in [-0.2, 0) is 9.59 Å². The van der Waals surface area contributed by atoms with E-state index >= 15 is 0 Å². The number of hydrogen-bond donors (Lipinski definition) is 1. The van der Waals surface area contributed by atoms with Gasteiger partial charge < -0.3 is 14.7 Å². The molecule has 3 rings (SSSR count). The Kier molecular flexibility index (Phi) is 3.67. The van der Waals surface area contributed by atoms with E-state index in [2.05, 4.69) is 0 Å². The average molecular weight is 315 g/mol. The smallest absolute Gasteiger partial charge is 0.328 e. The number of carboxylic acid groups (broad SMARTS) is 1. The number of ether oxygens (including phenoxy) is 1. The summed E-state index contributed by atoms with van der Waals surface area (Å²) in [5, 5.41) is 8.68. The van der Waals surface area contributed by atoms with Gasteiger partial charge in [0.1, 0.15) is 5.75 Å². The van der Waals surface area contributed by atoms with Crippen molar-refractivity contribution < 1.29 is 24.2 Å². The number of benzene rings is 1. The standard InChI is InChI=1S/C17H17NO5/c1-11(19)18-8-6-17(7-9-18)16(22)13-10-12(3-5-15(20)21)2-4-14(13)23-17/h2-5,10H,6-9H2,1H3,(H,20,21)/b5-3+. The molecular formula is C17H17NO5. The van der Waals surface area contributed by atoms with E-state index in [9.17, 15) is 14.4 Å². The highest BCUT2D eigenvalue weighted by Crippen LogP contribution is 2.41. The predicted octanol–water partition coefficient (Wildman–Crippen LogP) is 1.74. The van der Waals surface area contributed by atoms with Crippen LogP contribution < -0.4 is 4.74 Å². The van der Waals surface area contributed by atoms with E-state index in [0.717, 1.165) is 6.08 Å². The van der Waals surface area contributed by atoms with Gasteiger partial charge in [-0.15, -0.1) is 0 Å². The molecule has 0 saturated carbocycles. The van der Waals surface area contributed by atoms with Gasteiger partial charge in [0.25, 0.3) is 0 Å². The number of Topliss-reactive ketones (excluding diaryl/α,β-unsaturated/α-hetero) is 1. The molecule has 6 nitrogen and oxygen atoms in total. The van der Waals surface area contributed by atoms with E-state index in [-0.39, 0.29) is 11.7 Å². The van der Waals surface area contributed by atoms with Gasteiger partial charge in [-0.3, -0.25) is 9.59 Å². The Balaban J connectivity index is 1.83. The molecule has 0 radical (unpaired) electrons. The molecule has 120 valence electrons. The number of carbonyl (C=O) groups is 3. The van der Waals surface area contributed by atoms with Crippen molar-refractivity contribution in [3.8, 4) is 5.75 Å². The topological polar surface area (TPSA) is 83.9 Å². The second-order valence-corrected chi connectivity index (χ2v) is 5.86. The van der Waals surface area contributed by atoms with E-state index in [4.69, 9.17) is 9.84 Å². The Hall–Kier alpha value is -2.63. The van der Waals surface area contributed by atoms with Gasteiger partial charge in [0.2, 0.25) is 11.7 Å². The van der Waals surface area contributed by atoms with Crippen LogP contribution in [-0.4, -0.2) is 46.4 Å². The minimum Gasteiger partial charge on any atom is -0.478 e. The van der Waals surface area contributed by atoms with E-state index in [1.54, 1.807) is 23.1 Å². The van der Waals surface area contributed by atoms with E-state index in [1.165, 1.54) is 13.0 Å². The maximum Gasteiger partial charge on any atom is 0.328 e. The predicted molar refractivity (Wildman–Crippen MR) is 82.3 cm³/mol. The minimum absolute atomic E-state index is 0.00361. The number of ketones is 1. The fourth-order valence-electron chi connectivity index (χ4n) is 3.10. The summed E-state index contributed by atoms with van der Waals surface area (Å²) in [6, 6.07) is 5.07. The molecule has 0 aliphatic carbocycles. The molecule has 2 aliphatic rings. The number of amides is 1. The summed E-state index contributed by atoms with van der Waals surface area (Å²) in [5.41, 5.74) is 0.235. The Morgan fingerprint density at radius 2 is 2.00 bits per heavy atom. The Morgan fingerprint density at radius 1 is 1.30 bits per heavy atom. The first-order chi connectivity index (χ1) is 10.9. The van der Waals surface area contributed by atoms with E-state index in [0.29, 0.717) is 42.8 Å². The van der Waals surface area contributed by atoms with E-state index < -0.39 is 11.6 Å². The number of likely N-dealkylation sites (tertiary alicyclic amines) is 1. The van der Waals surface area contributed by atoms with Crippen molar-refractivity contribution in [2.24, 2.45) is 0 Å². The molecule has 2 aliphatic heterocycles. The van der Waals surface area contributed by atoms with Crippen LogP contribution in [0, 0.1) is 0 Å². The zero-order valence-electron chi connectivity index (χ0n) is 12.7. The Morgan fingerprint density at radius 3 is 2.61 bits per heavy atom. The molecule has 1 N–H and O–H groups in total. The molecule has 0 bridgehead atoms. The van der Waals surface area contributed by atoms with Crippen molar-refractivity contribution in [3.63, 3.8) is 0 Å². The molecule has 2 heterocycles. The highest BCUT2D eigenvalue weighted by molar-refractivity contribution is 6.08. The van der Waals surface area contributed by atoms with Crippen LogP contribution in [0.15, 0.2) is 24.3 Å². The quantitative estimate of drug-likeness (QED) is 0.840. The summed E-state index contributed by atoms with van der Waals surface area (Å²) in [7, 11) is 0. The number of carboxylic acids is 1. The highest BCUT2D eigenvalue weighted by atomic mass is 16.5. The first-order valence-corrected chi connectivity index (χ1v) is 7.46. The van der Waals surface area contributed by atoms with Crippen LogP contribution in [0.25, 0.3) is 6.08 Å². The van der Waals surface area contributed by atoms with Crippen LogP contribution >= 0.6 is 0 Å². The van der Waals surface area contributed by atoms with Crippen LogP contribution in [0.1, 0.15) is 35.7 Å². The molecule has 0 aromatic heterocycles. The fraction of sp³-hybridized carbons (Fsp3) is 0.353. The molecule has 1 aromatic carbocycles. The van der Waals surface area contributed by atoms with Gasteiger partial charge in [0, 0.05) is 38.9 Å². The van der Waals surface area contributed by atoms with Gasteiger partial charge in [0.15, 0.2) is 5.60 Å². The van der Waals surface area contributed by atoms with Crippen molar-refractivity contribution >= 4 is 23.7 Å². The third kappa shape index (κ3) is 2.72. The number of fused-ring (bicyclic) bond motifs is 1. The van der Waals surface area contributed by atoms with Crippen molar-refractivity contribution in [3.05, 3.63) is 35.4 Å². The maximum atomic E-state index is 12.8. The lowest BCUT2D eigenvalue weighted by Crippen LogP contribution is -2.51. The van der Waals surface area contributed by atoms with Crippen molar-refractivity contribution in [1.29, 1.82) is 0 Å². The zero-order valence-corrected chi connectivity index (χ0v) is 12.7. The van der Waals surface area contributed by atoms with E-state index in [1.807, 2.05) is 0 Å². The molecule has 1 fully saturated rings. The van der Waals surface area contributed by atoms with Gasteiger partial charge >= 0.3 is 5.97 Å². The number of nitrogens with zero attached hydrogens (tertiary/aromatic N) is 1. The largest absolute Gasteiger partial charge is 0.478 e.